The molecule has 1 aliphatic rings. The van der Waals surface area contributed by atoms with E-state index >= 15 is 0 Å². The van der Waals surface area contributed by atoms with Gasteiger partial charge in [-0.1, -0.05) is 5.10 Å². The van der Waals surface area contributed by atoms with Gasteiger partial charge in [-0.15, -0.1) is 0 Å². The lowest BCUT2D eigenvalue weighted by Gasteiger charge is -2.45. The summed E-state index contributed by atoms with van der Waals surface area (Å²) in [5.41, 5.74) is 5.77. The molecule has 1 fully saturated rings. The molecule has 0 aliphatic carbocycles. The smallest absolute Gasteiger partial charge is 0.245 e. The minimum atomic E-state index is -0.0774. The highest BCUT2D eigenvalue weighted by Gasteiger charge is 2.37. The van der Waals surface area contributed by atoms with E-state index in [0.717, 1.165) is 19.0 Å². The molecule has 6 nitrogen and oxygen atoms in total. The van der Waals surface area contributed by atoms with Crippen molar-refractivity contribution < 1.29 is 0 Å². The summed E-state index contributed by atoms with van der Waals surface area (Å²) in [6.07, 6.45) is 0. The molecule has 6 heteroatoms. The van der Waals surface area contributed by atoms with Gasteiger partial charge in [0.25, 0.3) is 0 Å². The maximum Gasteiger partial charge on any atom is 0.245 e. The first-order chi connectivity index (χ1) is 5.58. The number of anilines is 1. The van der Waals surface area contributed by atoms with Crippen molar-refractivity contribution in [1.82, 2.24) is 20.2 Å². The Kier molecular flexibility index (Phi) is 1.35. The van der Waals surface area contributed by atoms with E-state index in [1.54, 1.807) is 4.68 Å². The zero-order chi connectivity index (χ0) is 8.77. The van der Waals surface area contributed by atoms with E-state index in [-0.39, 0.29) is 5.54 Å². The topological polar surface area (TPSA) is 72.9 Å². The van der Waals surface area contributed by atoms with E-state index in [1.165, 1.54) is 0 Å². The first-order valence-electron chi connectivity index (χ1n) is 3.85. The van der Waals surface area contributed by atoms with E-state index in [1.807, 2.05) is 14.0 Å². The van der Waals surface area contributed by atoms with E-state index in [0.29, 0.717) is 0 Å². The molecule has 1 saturated heterocycles. The molecule has 0 bridgehead atoms. The van der Waals surface area contributed by atoms with Crippen LogP contribution in [0.4, 0.5) is 5.95 Å². The number of rotatable bonds is 1. The third kappa shape index (κ3) is 1.04. The highest BCUT2D eigenvalue weighted by atomic mass is 15.6. The van der Waals surface area contributed by atoms with Crippen molar-refractivity contribution in [3.8, 4) is 0 Å². The molecule has 1 aromatic rings. The highest BCUT2D eigenvalue weighted by Crippen LogP contribution is 2.21. The summed E-state index contributed by atoms with van der Waals surface area (Å²) in [6.45, 7) is 3.66. The number of aryl methyl sites for hydroxylation is 1. The third-order valence-electron chi connectivity index (χ3n) is 1.98. The molecule has 0 unspecified atom stereocenters. The van der Waals surface area contributed by atoms with Crippen molar-refractivity contribution in [3.63, 3.8) is 0 Å². The monoisotopic (exact) mass is 168 g/mol. The van der Waals surface area contributed by atoms with Gasteiger partial charge in [-0.2, -0.15) is 0 Å². The summed E-state index contributed by atoms with van der Waals surface area (Å²) in [5.74, 6) is 0.790. The fourth-order valence-electron chi connectivity index (χ4n) is 1.46. The normalized spacial score (nSPS) is 20.8. The van der Waals surface area contributed by atoms with Crippen LogP contribution < -0.4 is 10.6 Å². The van der Waals surface area contributed by atoms with Crippen molar-refractivity contribution >= 4 is 5.95 Å². The second-order valence-electron chi connectivity index (χ2n) is 3.61. The summed E-state index contributed by atoms with van der Waals surface area (Å²) < 4.78 is 1.65. The molecule has 2 rings (SSSR count). The van der Waals surface area contributed by atoms with Gasteiger partial charge in [0, 0.05) is 25.7 Å². The van der Waals surface area contributed by atoms with Crippen LogP contribution in [0, 0.1) is 0 Å². The fourth-order valence-corrected chi connectivity index (χ4v) is 1.46. The van der Waals surface area contributed by atoms with Crippen molar-refractivity contribution in [2.45, 2.75) is 12.5 Å². The molecule has 0 radical (unpaired) electrons. The lowest BCUT2D eigenvalue weighted by molar-refractivity contribution is 0.356. The second-order valence-corrected chi connectivity index (χ2v) is 3.61. The molecule has 12 heavy (non-hydrogen) atoms. The minimum Gasteiger partial charge on any atom is -0.336 e. The van der Waals surface area contributed by atoms with E-state index in [9.17, 15) is 0 Å². The van der Waals surface area contributed by atoms with Crippen molar-refractivity contribution in [2.24, 2.45) is 12.8 Å². The molecule has 66 valence electrons. The quantitative estimate of drug-likeness (QED) is 0.567. The lowest BCUT2D eigenvalue weighted by atomic mass is 9.94. The third-order valence-corrected chi connectivity index (χ3v) is 1.98. The summed E-state index contributed by atoms with van der Waals surface area (Å²) in [7, 11) is 1.82. The molecule has 0 amide bonds. The summed E-state index contributed by atoms with van der Waals surface area (Å²) in [5, 5.41) is 11.2. The molecule has 2 N–H and O–H groups in total. The molecule has 0 atom stereocenters. The molecular weight excluding hydrogens is 156 g/mol. The van der Waals surface area contributed by atoms with Gasteiger partial charge < -0.3 is 10.6 Å². The van der Waals surface area contributed by atoms with Crippen LogP contribution in [-0.2, 0) is 7.05 Å². The van der Waals surface area contributed by atoms with Crippen molar-refractivity contribution in [2.75, 3.05) is 18.0 Å². The average molecular weight is 168 g/mol. The maximum absolute atomic E-state index is 5.85. The Morgan fingerprint density at radius 3 is 2.58 bits per heavy atom. The van der Waals surface area contributed by atoms with Gasteiger partial charge in [-0.25, -0.2) is 4.68 Å². The Balaban J connectivity index is 2.11. The Bertz CT molecular complexity index is 282. The number of nitrogens with zero attached hydrogens (tertiary/aromatic N) is 5. The number of nitrogens with two attached hydrogens (primary N) is 1. The number of aromatic nitrogens is 4. The fraction of sp³-hybridized carbons (Fsp3) is 0.833. The Morgan fingerprint density at radius 2 is 2.17 bits per heavy atom. The van der Waals surface area contributed by atoms with Crippen molar-refractivity contribution in [3.05, 3.63) is 0 Å². The highest BCUT2D eigenvalue weighted by molar-refractivity contribution is 5.36. The van der Waals surface area contributed by atoms with Crippen LogP contribution in [0.1, 0.15) is 6.92 Å². The summed E-state index contributed by atoms with van der Waals surface area (Å²) in [4.78, 5) is 2.06. The van der Waals surface area contributed by atoms with Crippen LogP contribution in [0.15, 0.2) is 0 Å². The molecule has 0 spiro atoms. The van der Waals surface area contributed by atoms with Crippen LogP contribution in [0.5, 0.6) is 0 Å². The van der Waals surface area contributed by atoms with Crippen molar-refractivity contribution in [1.29, 1.82) is 0 Å². The molecule has 1 aromatic heterocycles. The molecule has 0 saturated carbocycles. The SMILES string of the molecule is Cn1nnnc1N1CC(C)(N)C1. The van der Waals surface area contributed by atoms with Crippen LogP contribution >= 0.6 is 0 Å². The predicted molar refractivity (Wildman–Crippen MR) is 43.6 cm³/mol. The van der Waals surface area contributed by atoms with E-state index in [2.05, 4.69) is 20.4 Å². The van der Waals surface area contributed by atoms with Gasteiger partial charge in [-0.3, -0.25) is 0 Å². The number of tetrazole rings is 1. The first kappa shape index (κ1) is 7.48. The number of hydrogen-bond donors (Lipinski definition) is 1. The van der Waals surface area contributed by atoms with Gasteiger partial charge in [-0.05, 0) is 17.4 Å². The number of hydrogen-bond acceptors (Lipinski definition) is 5. The Hall–Kier alpha value is -1.17. The molecule has 0 aromatic carbocycles. The molecular formula is C6H12N6. The summed E-state index contributed by atoms with van der Waals surface area (Å²) in [6, 6.07) is 0. The van der Waals surface area contributed by atoms with Gasteiger partial charge >= 0.3 is 0 Å². The van der Waals surface area contributed by atoms with E-state index < -0.39 is 0 Å². The maximum atomic E-state index is 5.85. The Labute approximate surface area is 70.3 Å². The Morgan fingerprint density at radius 1 is 1.50 bits per heavy atom. The van der Waals surface area contributed by atoms with Crippen LogP contribution in [0.25, 0.3) is 0 Å². The van der Waals surface area contributed by atoms with Gasteiger partial charge in [0.05, 0.1) is 0 Å². The largest absolute Gasteiger partial charge is 0.336 e. The zero-order valence-electron chi connectivity index (χ0n) is 7.23. The average Bonchev–Trinajstić information content (AvgIpc) is 2.30. The zero-order valence-corrected chi connectivity index (χ0v) is 7.23. The predicted octanol–water partition coefficient (Wildman–Crippen LogP) is -1.25. The first-order valence-corrected chi connectivity index (χ1v) is 3.85. The van der Waals surface area contributed by atoms with Gasteiger partial charge in [0.2, 0.25) is 5.95 Å². The molecule has 2 heterocycles. The minimum absolute atomic E-state index is 0.0774. The standard InChI is InChI=1S/C6H12N6/c1-6(7)3-12(4-6)5-8-9-10-11(5)2/h3-4,7H2,1-2H3. The van der Waals surface area contributed by atoms with Crippen LogP contribution in [0.2, 0.25) is 0 Å². The van der Waals surface area contributed by atoms with Gasteiger partial charge in [0.15, 0.2) is 0 Å². The molecule has 1 aliphatic heterocycles. The summed E-state index contributed by atoms with van der Waals surface area (Å²) >= 11 is 0. The van der Waals surface area contributed by atoms with Crippen LogP contribution in [-0.4, -0.2) is 38.8 Å². The lowest BCUT2D eigenvalue weighted by Crippen LogP contribution is -2.66. The second kappa shape index (κ2) is 2.16. The van der Waals surface area contributed by atoms with Crippen LogP contribution in [0.3, 0.4) is 0 Å². The van der Waals surface area contributed by atoms with E-state index in [4.69, 9.17) is 5.73 Å². The van der Waals surface area contributed by atoms with Gasteiger partial charge in [0.1, 0.15) is 0 Å².